The average molecular weight is 1340 g/mol. The topological polar surface area (TPSA) is 242 Å². The Morgan fingerprint density at radius 3 is 0.804 bits per heavy atom. The van der Waals surface area contributed by atoms with Crippen LogP contribution in [0.3, 0.4) is 0 Å². The fourth-order valence-corrected chi connectivity index (χ4v) is 10.8. The smallest absolute Gasteiger partial charge is 0.387 e. The molecule has 3 aliphatic heterocycles. The van der Waals surface area contributed by atoms with Gasteiger partial charge < -0.3 is 31.4 Å². The first-order valence-corrected chi connectivity index (χ1v) is 28.0. The number of guanidine groups is 3. The van der Waals surface area contributed by atoms with Crippen LogP contribution in [0.1, 0.15) is 33.4 Å². The zero-order valence-corrected chi connectivity index (χ0v) is 50.4. The van der Waals surface area contributed by atoms with Crippen LogP contribution in [0.5, 0.6) is 17.2 Å². The molecule has 1 unspecified atom stereocenters. The standard InChI is InChI=1S/3C22H16F4N4O2.B/c3*1-30-19(31)22(29-21(30)27,13-5-7-16(8-6-13)32-20(25)26)14-4-2-3-12(9-14)17-10-15(23)11-28-18(17)24;/h3*2-11,20H,1H3,(H2,27,29);/t2*22-;;/m10../s1. The molecule has 0 fully saturated rings. The summed E-state index contributed by atoms with van der Waals surface area (Å²) in [7, 11) is 4.33. The molecule has 3 atom stereocenters. The molecule has 495 valence electrons. The number of halogens is 12. The monoisotopic (exact) mass is 1340 g/mol. The second-order valence-electron chi connectivity index (χ2n) is 21.1. The normalized spacial score (nSPS) is 18.1. The van der Waals surface area contributed by atoms with Gasteiger partial charge in [-0.1, -0.05) is 91.0 Å². The first-order chi connectivity index (χ1) is 45.7. The number of alkyl halides is 6. The molecule has 6 aromatic carbocycles. The summed E-state index contributed by atoms with van der Waals surface area (Å²) in [4.78, 5) is 66.7. The van der Waals surface area contributed by atoms with Crippen molar-refractivity contribution in [3.63, 3.8) is 0 Å². The van der Waals surface area contributed by atoms with Gasteiger partial charge in [0, 0.05) is 46.2 Å². The highest BCUT2D eigenvalue weighted by molar-refractivity contribution is 6.11. The van der Waals surface area contributed by atoms with E-state index in [0.29, 0.717) is 33.4 Å². The molecule has 0 saturated carbocycles. The molecule has 0 saturated heterocycles. The third kappa shape index (κ3) is 13.6. The number of likely N-dealkylation sites (N-methyl/N-ethyl adjacent to an activating group) is 3. The quantitative estimate of drug-likeness (QED) is 0.0493. The van der Waals surface area contributed by atoms with E-state index in [4.69, 9.17) is 17.2 Å². The second-order valence-corrected chi connectivity index (χ2v) is 21.1. The van der Waals surface area contributed by atoms with Crippen molar-refractivity contribution < 1.29 is 81.3 Å². The van der Waals surface area contributed by atoms with Crippen molar-refractivity contribution in [2.75, 3.05) is 21.1 Å². The number of ether oxygens (including phenoxy) is 3. The summed E-state index contributed by atoms with van der Waals surface area (Å²) in [6, 6.07) is 37.7. The predicted octanol–water partition coefficient (Wildman–Crippen LogP) is 10.6. The summed E-state index contributed by atoms with van der Waals surface area (Å²) in [6.07, 6.45) is 2.27. The van der Waals surface area contributed by atoms with Gasteiger partial charge in [0.1, 0.15) is 34.7 Å². The number of hydrogen-bond acceptors (Lipinski definition) is 15. The van der Waals surface area contributed by atoms with Gasteiger partial charge >= 0.3 is 19.8 Å². The van der Waals surface area contributed by atoms with Gasteiger partial charge in [0.15, 0.2) is 34.5 Å². The lowest BCUT2D eigenvalue weighted by Crippen LogP contribution is -2.41. The molecule has 31 heteroatoms. The lowest BCUT2D eigenvalue weighted by molar-refractivity contribution is -0.130. The molecule has 12 rings (SSSR count). The number of rotatable bonds is 15. The lowest BCUT2D eigenvalue weighted by atomic mass is 9.81. The predicted molar refractivity (Wildman–Crippen MR) is 329 cm³/mol. The Morgan fingerprint density at radius 2 is 0.598 bits per heavy atom. The number of carbonyl (C=O) groups is 3. The zero-order chi connectivity index (χ0) is 69.1. The summed E-state index contributed by atoms with van der Waals surface area (Å²) in [5.41, 5.74) is 15.2. The van der Waals surface area contributed by atoms with Crippen LogP contribution >= 0.6 is 0 Å². The molecule has 0 aliphatic carbocycles. The fourth-order valence-electron chi connectivity index (χ4n) is 10.8. The molecular weight excluding hydrogens is 1300 g/mol. The molecular formula is C66H48BF12N12O6. The van der Waals surface area contributed by atoms with Crippen LogP contribution in [-0.2, 0) is 31.0 Å². The first kappa shape index (κ1) is 69.6. The van der Waals surface area contributed by atoms with Gasteiger partial charge in [-0.15, -0.1) is 0 Å². The van der Waals surface area contributed by atoms with Crippen LogP contribution in [0, 0.1) is 35.3 Å². The van der Waals surface area contributed by atoms with Crippen LogP contribution in [-0.4, -0.2) is 115 Å². The molecule has 3 aliphatic rings. The number of nitrogens with two attached hydrogens (primary N) is 3. The van der Waals surface area contributed by atoms with E-state index < -0.39 is 89.5 Å². The zero-order valence-electron chi connectivity index (χ0n) is 50.4. The minimum Gasteiger partial charge on any atom is -0.435 e. The van der Waals surface area contributed by atoms with Crippen molar-refractivity contribution in [3.05, 3.63) is 251 Å². The van der Waals surface area contributed by atoms with Gasteiger partial charge in [-0.25, -0.2) is 43.1 Å². The SMILES string of the molecule is CN1C(=O)C(c2ccc(OC(F)F)cc2)(c2cccc(-c3cc(F)cnc3F)c2)N=C1N.CN1C(=O)[C@@](c2ccc(OC(F)F)cc2)(c2cccc(-c3cc(F)cnc3F)c2)N=C1N.CN1C(=O)[C@](c2ccc(OC(F)F)cc2)(c2cccc(-c3cc(F)cnc3F)c2)N=C1N.[B]. The van der Waals surface area contributed by atoms with Crippen molar-refractivity contribution in [2.24, 2.45) is 32.2 Å². The van der Waals surface area contributed by atoms with Gasteiger partial charge in [-0.3, -0.25) is 29.1 Å². The number of hydrogen-bond donors (Lipinski definition) is 3. The first-order valence-electron chi connectivity index (χ1n) is 28.0. The highest BCUT2D eigenvalue weighted by Crippen LogP contribution is 2.45. The third-order valence-electron chi connectivity index (χ3n) is 15.4. The molecule has 6 N–H and O–H groups in total. The van der Waals surface area contributed by atoms with Crippen LogP contribution in [0.2, 0.25) is 0 Å². The van der Waals surface area contributed by atoms with E-state index in [-0.39, 0.29) is 76.9 Å². The number of nitrogens with zero attached hydrogens (tertiary/aromatic N) is 9. The van der Waals surface area contributed by atoms with E-state index in [1.54, 1.807) is 36.4 Å². The number of pyridine rings is 3. The summed E-state index contributed by atoms with van der Waals surface area (Å²) >= 11 is 0. The highest BCUT2D eigenvalue weighted by Gasteiger charge is 2.52. The Kier molecular flexibility index (Phi) is 20.1. The van der Waals surface area contributed by atoms with Gasteiger partial charge in [0.05, 0.1) is 18.6 Å². The third-order valence-corrected chi connectivity index (χ3v) is 15.4. The van der Waals surface area contributed by atoms with Crippen molar-refractivity contribution in [1.29, 1.82) is 0 Å². The number of amides is 3. The van der Waals surface area contributed by atoms with Gasteiger partial charge in [0.25, 0.3) is 17.7 Å². The Bertz CT molecular complexity index is 4110. The van der Waals surface area contributed by atoms with Gasteiger partial charge in [-0.2, -0.15) is 39.5 Å². The summed E-state index contributed by atoms with van der Waals surface area (Å²) in [5, 5.41) is 0. The molecule has 3 aromatic heterocycles. The maximum atomic E-state index is 14.3. The second kappa shape index (κ2) is 28.0. The maximum absolute atomic E-state index is 14.3. The van der Waals surface area contributed by atoms with E-state index in [1.807, 2.05) is 0 Å². The average Bonchev–Trinajstić information content (AvgIpc) is 1.64. The Balaban J connectivity index is 0.000000170. The minimum absolute atomic E-state index is 0. The number of carbonyl (C=O) groups excluding carboxylic acids is 3. The van der Waals surface area contributed by atoms with Crippen LogP contribution in [0.15, 0.2) is 197 Å². The van der Waals surface area contributed by atoms with Crippen LogP contribution < -0.4 is 31.4 Å². The molecule has 6 heterocycles. The molecule has 0 spiro atoms. The van der Waals surface area contributed by atoms with Crippen molar-refractivity contribution in [3.8, 4) is 50.6 Å². The molecule has 97 heavy (non-hydrogen) atoms. The van der Waals surface area contributed by atoms with E-state index >= 15 is 0 Å². The Labute approximate surface area is 544 Å². The molecule has 0 bridgehead atoms. The van der Waals surface area contributed by atoms with E-state index in [1.165, 1.54) is 130 Å². The molecule has 3 radical (unpaired) electrons. The number of benzene rings is 6. The Hall–Kier alpha value is -11.8. The lowest BCUT2D eigenvalue weighted by Gasteiger charge is -2.26. The van der Waals surface area contributed by atoms with Gasteiger partial charge in [-0.05, 0) is 123 Å². The van der Waals surface area contributed by atoms with E-state index in [9.17, 15) is 67.1 Å². The van der Waals surface area contributed by atoms with Crippen molar-refractivity contribution >= 4 is 44.0 Å². The van der Waals surface area contributed by atoms with Crippen molar-refractivity contribution in [1.82, 2.24) is 29.7 Å². The van der Waals surface area contributed by atoms with Crippen LogP contribution in [0.4, 0.5) is 52.7 Å². The summed E-state index contributed by atoms with van der Waals surface area (Å²) in [6.45, 7) is -9.02. The van der Waals surface area contributed by atoms with Gasteiger partial charge in [0.2, 0.25) is 17.8 Å². The minimum atomic E-state index is -3.01. The maximum Gasteiger partial charge on any atom is 0.387 e. The Morgan fingerprint density at radius 1 is 0.361 bits per heavy atom. The largest absolute Gasteiger partial charge is 0.435 e. The molecule has 3 amide bonds. The number of aliphatic imine (C=N–C) groups is 3. The highest BCUT2D eigenvalue weighted by atomic mass is 19.3. The van der Waals surface area contributed by atoms with Crippen LogP contribution in [0.25, 0.3) is 33.4 Å². The number of aromatic nitrogens is 3. The summed E-state index contributed by atoms with van der Waals surface area (Å²) in [5.74, 6) is -6.85. The van der Waals surface area contributed by atoms with E-state index in [0.717, 1.165) is 51.5 Å². The fraction of sp³-hybridized carbons (Fsp3) is 0.136. The summed E-state index contributed by atoms with van der Waals surface area (Å²) < 4.78 is 172. The molecule has 9 aromatic rings. The molecule has 18 nitrogen and oxygen atoms in total. The van der Waals surface area contributed by atoms with Crippen molar-refractivity contribution in [2.45, 2.75) is 36.5 Å². The van der Waals surface area contributed by atoms with E-state index in [2.05, 4.69) is 44.1 Å².